The Balaban J connectivity index is 2.38. The maximum absolute atomic E-state index is 5.81. The SMILES string of the molecule is COc1cc(Cc2cccc(N)c2)c(OC)cc1C. The first-order valence-electron chi connectivity index (χ1n) is 6.20. The Morgan fingerprint density at radius 3 is 2.37 bits per heavy atom. The number of hydrogen-bond acceptors (Lipinski definition) is 3. The average molecular weight is 257 g/mol. The minimum atomic E-state index is 0.769. The molecule has 0 aliphatic carbocycles. The zero-order valence-corrected chi connectivity index (χ0v) is 11.6. The van der Waals surface area contributed by atoms with Crippen LogP contribution in [0.15, 0.2) is 36.4 Å². The summed E-state index contributed by atoms with van der Waals surface area (Å²) in [7, 11) is 3.36. The van der Waals surface area contributed by atoms with Gasteiger partial charge in [-0.1, -0.05) is 12.1 Å². The minimum Gasteiger partial charge on any atom is -0.496 e. The van der Waals surface area contributed by atoms with Gasteiger partial charge in [0.05, 0.1) is 14.2 Å². The first kappa shape index (κ1) is 13.3. The van der Waals surface area contributed by atoms with E-state index in [1.165, 1.54) is 0 Å². The molecule has 0 aliphatic heterocycles. The third kappa shape index (κ3) is 2.99. The lowest BCUT2D eigenvalue weighted by atomic mass is 10.0. The van der Waals surface area contributed by atoms with Crippen molar-refractivity contribution in [2.24, 2.45) is 0 Å². The van der Waals surface area contributed by atoms with Gasteiger partial charge >= 0.3 is 0 Å². The molecule has 0 unspecified atom stereocenters. The molecular weight excluding hydrogens is 238 g/mol. The molecule has 100 valence electrons. The van der Waals surface area contributed by atoms with Crippen molar-refractivity contribution in [3.63, 3.8) is 0 Å². The maximum Gasteiger partial charge on any atom is 0.122 e. The molecule has 3 heteroatoms. The molecule has 2 aromatic rings. The zero-order valence-electron chi connectivity index (χ0n) is 11.6. The minimum absolute atomic E-state index is 0.769. The van der Waals surface area contributed by atoms with Gasteiger partial charge in [0.15, 0.2) is 0 Å². The lowest BCUT2D eigenvalue weighted by Crippen LogP contribution is -1.98. The highest BCUT2D eigenvalue weighted by Gasteiger charge is 2.09. The largest absolute Gasteiger partial charge is 0.496 e. The van der Waals surface area contributed by atoms with Gasteiger partial charge in [-0.3, -0.25) is 0 Å². The molecule has 0 aromatic heterocycles. The van der Waals surface area contributed by atoms with Crippen molar-refractivity contribution >= 4 is 5.69 Å². The molecule has 0 aliphatic rings. The fraction of sp³-hybridized carbons (Fsp3) is 0.250. The summed E-state index contributed by atoms with van der Waals surface area (Å²) < 4.78 is 10.8. The Hall–Kier alpha value is -2.16. The summed E-state index contributed by atoms with van der Waals surface area (Å²) >= 11 is 0. The number of aryl methyl sites for hydroxylation is 1. The van der Waals surface area contributed by atoms with Crippen LogP contribution >= 0.6 is 0 Å². The number of hydrogen-bond donors (Lipinski definition) is 1. The van der Waals surface area contributed by atoms with Crippen molar-refractivity contribution in [2.45, 2.75) is 13.3 Å². The highest BCUT2D eigenvalue weighted by atomic mass is 16.5. The fourth-order valence-corrected chi connectivity index (χ4v) is 2.17. The third-order valence-electron chi connectivity index (χ3n) is 3.14. The Bertz CT molecular complexity index is 579. The molecule has 0 fully saturated rings. The van der Waals surface area contributed by atoms with Crippen LogP contribution in [0.2, 0.25) is 0 Å². The van der Waals surface area contributed by atoms with E-state index >= 15 is 0 Å². The van der Waals surface area contributed by atoms with Crippen LogP contribution in [0, 0.1) is 6.92 Å². The van der Waals surface area contributed by atoms with Crippen LogP contribution in [0.3, 0.4) is 0 Å². The molecule has 19 heavy (non-hydrogen) atoms. The van der Waals surface area contributed by atoms with Crippen molar-refractivity contribution in [1.82, 2.24) is 0 Å². The van der Waals surface area contributed by atoms with Gasteiger partial charge in [0.2, 0.25) is 0 Å². The molecule has 0 saturated carbocycles. The van der Waals surface area contributed by atoms with Crippen molar-refractivity contribution in [3.8, 4) is 11.5 Å². The molecule has 0 saturated heterocycles. The van der Waals surface area contributed by atoms with Crippen LogP contribution in [-0.2, 0) is 6.42 Å². The monoisotopic (exact) mass is 257 g/mol. The zero-order chi connectivity index (χ0) is 13.8. The van der Waals surface area contributed by atoms with E-state index in [1.807, 2.05) is 37.3 Å². The smallest absolute Gasteiger partial charge is 0.122 e. The van der Waals surface area contributed by atoms with E-state index in [4.69, 9.17) is 15.2 Å². The van der Waals surface area contributed by atoms with Gasteiger partial charge in [-0.25, -0.2) is 0 Å². The molecule has 0 radical (unpaired) electrons. The first-order chi connectivity index (χ1) is 9.13. The van der Waals surface area contributed by atoms with E-state index in [9.17, 15) is 0 Å². The van der Waals surface area contributed by atoms with Gasteiger partial charge in [-0.2, -0.15) is 0 Å². The second-order valence-corrected chi connectivity index (χ2v) is 4.56. The van der Waals surface area contributed by atoms with Gasteiger partial charge in [-0.15, -0.1) is 0 Å². The summed E-state index contributed by atoms with van der Waals surface area (Å²) in [5, 5.41) is 0. The summed E-state index contributed by atoms with van der Waals surface area (Å²) in [5.74, 6) is 1.75. The predicted molar refractivity (Wildman–Crippen MR) is 77.9 cm³/mol. The molecule has 0 spiro atoms. The van der Waals surface area contributed by atoms with Crippen molar-refractivity contribution in [2.75, 3.05) is 20.0 Å². The second-order valence-electron chi connectivity index (χ2n) is 4.56. The molecule has 0 amide bonds. The number of rotatable bonds is 4. The van der Waals surface area contributed by atoms with Crippen LogP contribution in [0.1, 0.15) is 16.7 Å². The van der Waals surface area contributed by atoms with Crippen LogP contribution in [0.5, 0.6) is 11.5 Å². The van der Waals surface area contributed by atoms with Gasteiger partial charge < -0.3 is 15.2 Å². The predicted octanol–water partition coefficient (Wildman–Crippen LogP) is 3.19. The lowest BCUT2D eigenvalue weighted by Gasteiger charge is -2.13. The summed E-state index contributed by atoms with van der Waals surface area (Å²) in [6.07, 6.45) is 0.769. The van der Waals surface area contributed by atoms with Crippen LogP contribution in [0.4, 0.5) is 5.69 Å². The number of methoxy groups -OCH3 is 2. The summed E-state index contributed by atoms with van der Waals surface area (Å²) in [5.41, 5.74) is 9.90. The van der Waals surface area contributed by atoms with Crippen molar-refractivity contribution < 1.29 is 9.47 Å². The summed E-state index contributed by atoms with van der Waals surface area (Å²) in [6.45, 7) is 2.01. The molecule has 2 rings (SSSR count). The first-order valence-corrected chi connectivity index (χ1v) is 6.20. The lowest BCUT2D eigenvalue weighted by molar-refractivity contribution is 0.397. The van der Waals surface area contributed by atoms with Gasteiger partial charge in [0.1, 0.15) is 11.5 Å². The standard InChI is InChI=1S/C16H19NO2/c1-11-7-16(19-3)13(10-15(11)18-2)8-12-5-4-6-14(17)9-12/h4-7,9-10H,8,17H2,1-3H3. The summed E-state index contributed by atoms with van der Waals surface area (Å²) in [4.78, 5) is 0. The number of nitrogens with two attached hydrogens (primary N) is 1. The fourth-order valence-electron chi connectivity index (χ4n) is 2.17. The van der Waals surface area contributed by atoms with E-state index in [0.29, 0.717) is 0 Å². The van der Waals surface area contributed by atoms with E-state index < -0.39 is 0 Å². The van der Waals surface area contributed by atoms with Gasteiger partial charge in [-0.05, 0) is 42.3 Å². The van der Waals surface area contributed by atoms with Crippen molar-refractivity contribution in [3.05, 3.63) is 53.1 Å². The molecule has 2 N–H and O–H groups in total. The Kier molecular flexibility index (Phi) is 3.95. The normalized spacial score (nSPS) is 10.3. The molecule has 0 heterocycles. The molecule has 3 nitrogen and oxygen atoms in total. The second kappa shape index (κ2) is 5.65. The van der Waals surface area contributed by atoms with E-state index in [2.05, 4.69) is 6.07 Å². The number of benzene rings is 2. The number of nitrogen functional groups attached to an aromatic ring is 1. The average Bonchev–Trinajstić information content (AvgIpc) is 2.40. The highest BCUT2D eigenvalue weighted by molar-refractivity contribution is 5.49. The number of anilines is 1. The summed E-state index contributed by atoms with van der Waals surface area (Å²) in [6, 6.07) is 11.9. The number of ether oxygens (including phenoxy) is 2. The van der Waals surface area contributed by atoms with Crippen LogP contribution in [-0.4, -0.2) is 14.2 Å². The van der Waals surface area contributed by atoms with E-state index in [-0.39, 0.29) is 0 Å². The highest BCUT2D eigenvalue weighted by Crippen LogP contribution is 2.30. The molecule has 2 aromatic carbocycles. The quantitative estimate of drug-likeness (QED) is 0.855. The Morgan fingerprint density at radius 2 is 1.74 bits per heavy atom. The van der Waals surface area contributed by atoms with Crippen LogP contribution in [0.25, 0.3) is 0 Å². The van der Waals surface area contributed by atoms with Gasteiger partial charge in [0, 0.05) is 17.7 Å². The van der Waals surface area contributed by atoms with Crippen LogP contribution < -0.4 is 15.2 Å². The Morgan fingerprint density at radius 1 is 1.00 bits per heavy atom. The van der Waals surface area contributed by atoms with Crippen molar-refractivity contribution in [1.29, 1.82) is 0 Å². The molecular formula is C16H19NO2. The topological polar surface area (TPSA) is 44.5 Å². The molecule has 0 atom stereocenters. The van der Waals surface area contributed by atoms with E-state index in [0.717, 1.165) is 40.3 Å². The molecule has 0 bridgehead atoms. The maximum atomic E-state index is 5.81. The van der Waals surface area contributed by atoms with E-state index in [1.54, 1.807) is 14.2 Å². The Labute approximate surface area is 114 Å². The van der Waals surface area contributed by atoms with Gasteiger partial charge in [0.25, 0.3) is 0 Å². The third-order valence-corrected chi connectivity index (χ3v) is 3.14.